The van der Waals surface area contributed by atoms with Gasteiger partial charge in [-0.3, -0.25) is 0 Å². The van der Waals surface area contributed by atoms with Gasteiger partial charge >= 0.3 is 0 Å². The number of hydrogen-bond donors (Lipinski definition) is 1. The molecule has 0 fully saturated rings. The molecule has 1 N–H and O–H groups in total. The largest absolute Gasteiger partial charge is 0.312 e. The van der Waals surface area contributed by atoms with Gasteiger partial charge < -0.3 is 5.32 Å². The number of halogens is 1. The lowest BCUT2D eigenvalue weighted by molar-refractivity contribution is 0.551. The van der Waals surface area contributed by atoms with Crippen molar-refractivity contribution in [1.82, 2.24) is 5.32 Å². The first-order valence-corrected chi connectivity index (χ1v) is 6.14. The Labute approximate surface area is 100 Å². The van der Waals surface area contributed by atoms with Gasteiger partial charge in [0.25, 0.3) is 0 Å². The van der Waals surface area contributed by atoms with Gasteiger partial charge in [0.15, 0.2) is 0 Å². The van der Waals surface area contributed by atoms with Crippen LogP contribution in [0.1, 0.15) is 25.0 Å². The predicted octanol–water partition coefficient (Wildman–Crippen LogP) is 3.35. The van der Waals surface area contributed by atoms with Crippen LogP contribution in [0.15, 0.2) is 18.2 Å². The van der Waals surface area contributed by atoms with Crippen molar-refractivity contribution in [3.63, 3.8) is 0 Å². The van der Waals surface area contributed by atoms with Crippen molar-refractivity contribution in [2.75, 3.05) is 6.54 Å². The van der Waals surface area contributed by atoms with Crippen LogP contribution in [0.2, 0.25) is 0 Å². The Balaban J connectivity index is 2.54. The number of rotatable bonds is 4. The fourth-order valence-corrected chi connectivity index (χ4v) is 1.89. The quantitative estimate of drug-likeness (QED) is 0.841. The Morgan fingerprint density at radius 3 is 2.71 bits per heavy atom. The van der Waals surface area contributed by atoms with Crippen LogP contribution in [-0.2, 0) is 6.54 Å². The van der Waals surface area contributed by atoms with Crippen LogP contribution in [-0.4, -0.2) is 6.54 Å². The maximum atomic E-state index is 3.46. The molecule has 0 spiro atoms. The van der Waals surface area contributed by atoms with Crippen LogP contribution in [0.25, 0.3) is 0 Å². The molecule has 0 aliphatic heterocycles. The molecule has 0 saturated heterocycles. The van der Waals surface area contributed by atoms with Crippen LogP contribution in [0, 0.1) is 16.4 Å². The molecule has 1 rings (SSSR count). The first-order valence-electron chi connectivity index (χ1n) is 5.06. The Morgan fingerprint density at radius 1 is 1.36 bits per heavy atom. The summed E-state index contributed by atoms with van der Waals surface area (Å²) in [4.78, 5) is 0. The average molecular weight is 303 g/mol. The molecule has 0 aliphatic rings. The molecule has 1 nitrogen and oxygen atoms in total. The van der Waals surface area contributed by atoms with Crippen molar-refractivity contribution >= 4 is 22.6 Å². The van der Waals surface area contributed by atoms with Crippen LogP contribution < -0.4 is 5.32 Å². The van der Waals surface area contributed by atoms with Crippen molar-refractivity contribution in [3.05, 3.63) is 32.9 Å². The van der Waals surface area contributed by atoms with E-state index in [1.54, 1.807) is 0 Å². The van der Waals surface area contributed by atoms with Gasteiger partial charge in [0.1, 0.15) is 0 Å². The Morgan fingerprint density at radius 2 is 2.07 bits per heavy atom. The van der Waals surface area contributed by atoms with Crippen molar-refractivity contribution in [2.24, 2.45) is 5.92 Å². The molecule has 0 saturated carbocycles. The van der Waals surface area contributed by atoms with E-state index in [9.17, 15) is 0 Å². The van der Waals surface area contributed by atoms with Gasteiger partial charge in [-0.25, -0.2) is 0 Å². The standard InChI is InChI=1S/C12H18IN/c1-9(2)7-14-8-11-6-4-5-10(3)12(11)13/h4-6,9,14H,7-8H2,1-3H3. The van der Waals surface area contributed by atoms with Crippen molar-refractivity contribution < 1.29 is 0 Å². The summed E-state index contributed by atoms with van der Waals surface area (Å²) in [5.74, 6) is 0.720. The molecule has 14 heavy (non-hydrogen) atoms. The molecular formula is C12H18IN. The number of hydrogen-bond acceptors (Lipinski definition) is 1. The first kappa shape index (κ1) is 12.0. The highest BCUT2D eigenvalue weighted by Gasteiger charge is 2.01. The summed E-state index contributed by atoms with van der Waals surface area (Å²) in [6.07, 6.45) is 0. The molecule has 0 atom stereocenters. The number of aryl methyl sites for hydroxylation is 1. The SMILES string of the molecule is Cc1cccc(CNCC(C)C)c1I. The second-order valence-corrected chi connectivity index (χ2v) is 5.15. The summed E-state index contributed by atoms with van der Waals surface area (Å²) in [5, 5.41) is 3.46. The number of benzene rings is 1. The molecule has 0 aromatic heterocycles. The minimum atomic E-state index is 0.720. The molecule has 0 aliphatic carbocycles. The van der Waals surface area contributed by atoms with E-state index in [4.69, 9.17) is 0 Å². The van der Waals surface area contributed by atoms with E-state index in [1.807, 2.05) is 0 Å². The molecule has 1 aromatic rings. The van der Waals surface area contributed by atoms with Gasteiger partial charge in [-0.05, 0) is 53.1 Å². The monoisotopic (exact) mass is 303 g/mol. The van der Waals surface area contributed by atoms with E-state index < -0.39 is 0 Å². The lowest BCUT2D eigenvalue weighted by atomic mass is 10.1. The highest BCUT2D eigenvalue weighted by atomic mass is 127. The van der Waals surface area contributed by atoms with Crippen LogP contribution in [0.3, 0.4) is 0 Å². The second kappa shape index (κ2) is 5.71. The molecule has 0 heterocycles. The summed E-state index contributed by atoms with van der Waals surface area (Å²) >= 11 is 2.42. The minimum absolute atomic E-state index is 0.720. The Bertz CT molecular complexity index is 294. The molecule has 0 bridgehead atoms. The summed E-state index contributed by atoms with van der Waals surface area (Å²) < 4.78 is 1.39. The van der Waals surface area contributed by atoms with Crippen molar-refractivity contribution in [3.8, 4) is 0 Å². The van der Waals surface area contributed by atoms with Gasteiger partial charge in [-0.15, -0.1) is 0 Å². The van der Waals surface area contributed by atoms with E-state index in [0.29, 0.717) is 0 Å². The zero-order valence-corrected chi connectivity index (χ0v) is 11.3. The van der Waals surface area contributed by atoms with E-state index in [-0.39, 0.29) is 0 Å². The topological polar surface area (TPSA) is 12.0 Å². The van der Waals surface area contributed by atoms with Gasteiger partial charge in [0, 0.05) is 10.1 Å². The molecule has 1 aromatic carbocycles. The normalized spacial score (nSPS) is 10.9. The van der Waals surface area contributed by atoms with Crippen LogP contribution in [0.5, 0.6) is 0 Å². The van der Waals surface area contributed by atoms with Gasteiger partial charge in [-0.1, -0.05) is 32.0 Å². The number of nitrogens with one attached hydrogen (secondary N) is 1. The molecule has 0 amide bonds. The molecule has 2 heteroatoms. The molecule has 78 valence electrons. The van der Waals surface area contributed by atoms with Crippen molar-refractivity contribution in [2.45, 2.75) is 27.3 Å². The summed E-state index contributed by atoms with van der Waals surface area (Å²) in [6, 6.07) is 6.49. The fraction of sp³-hybridized carbons (Fsp3) is 0.500. The summed E-state index contributed by atoms with van der Waals surface area (Å²) in [7, 11) is 0. The van der Waals surface area contributed by atoms with Gasteiger partial charge in [-0.2, -0.15) is 0 Å². The highest BCUT2D eigenvalue weighted by Crippen LogP contribution is 2.16. The summed E-state index contributed by atoms with van der Waals surface area (Å²) in [5.41, 5.74) is 2.78. The zero-order chi connectivity index (χ0) is 10.6. The molecular weight excluding hydrogens is 285 g/mol. The lowest BCUT2D eigenvalue weighted by Gasteiger charge is -2.10. The lowest BCUT2D eigenvalue weighted by Crippen LogP contribution is -2.19. The Hall–Kier alpha value is -0.0900. The van der Waals surface area contributed by atoms with Crippen LogP contribution >= 0.6 is 22.6 Å². The minimum Gasteiger partial charge on any atom is -0.312 e. The highest BCUT2D eigenvalue weighted by molar-refractivity contribution is 14.1. The maximum Gasteiger partial charge on any atom is 0.0216 e. The van der Waals surface area contributed by atoms with E-state index in [1.165, 1.54) is 14.7 Å². The van der Waals surface area contributed by atoms with E-state index >= 15 is 0 Å². The van der Waals surface area contributed by atoms with E-state index in [0.717, 1.165) is 19.0 Å². The summed E-state index contributed by atoms with van der Waals surface area (Å²) in [6.45, 7) is 8.69. The smallest absolute Gasteiger partial charge is 0.0216 e. The fourth-order valence-electron chi connectivity index (χ4n) is 1.34. The average Bonchev–Trinajstić information content (AvgIpc) is 2.12. The third kappa shape index (κ3) is 3.58. The second-order valence-electron chi connectivity index (χ2n) is 4.07. The zero-order valence-electron chi connectivity index (χ0n) is 9.10. The molecule has 0 unspecified atom stereocenters. The maximum absolute atomic E-state index is 3.46. The molecule has 0 radical (unpaired) electrons. The van der Waals surface area contributed by atoms with E-state index in [2.05, 4.69) is 66.9 Å². The predicted molar refractivity (Wildman–Crippen MR) is 70.4 cm³/mol. The van der Waals surface area contributed by atoms with Gasteiger partial charge in [0.2, 0.25) is 0 Å². The van der Waals surface area contributed by atoms with Gasteiger partial charge in [0.05, 0.1) is 0 Å². The third-order valence-corrected chi connectivity index (χ3v) is 3.68. The third-order valence-electron chi connectivity index (χ3n) is 2.14. The first-order chi connectivity index (χ1) is 6.61. The van der Waals surface area contributed by atoms with Crippen LogP contribution in [0.4, 0.5) is 0 Å². The Kier molecular flexibility index (Phi) is 4.89. The van der Waals surface area contributed by atoms with Crippen molar-refractivity contribution in [1.29, 1.82) is 0 Å².